The van der Waals surface area contributed by atoms with Crippen molar-refractivity contribution in [1.29, 1.82) is 0 Å². The Morgan fingerprint density at radius 1 is 1.28 bits per heavy atom. The summed E-state index contributed by atoms with van der Waals surface area (Å²) in [6.45, 7) is 5.97. The highest BCUT2D eigenvalue weighted by Gasteiger charge is 2.15. The van der Waals surface area contributed by atoms with Crippen molar-refractivity contribution in [2.24, 2.45) is 12.5 Å². The number of para-hydroxylation sites is 1. The van der Waals surface area contributed by atoms with E-state index in [1.807, 2.05) is 0 Å². The molecule has 0 aliphatic carbocycles. The molecule has 0 amide bonds. The van der Waals surface area contributed by atoms with Crippen LogP contribution in [0.2, 0.25) is 0 Å². The highest BCUT2D eigenvalue weighted by molar-refractivity contribution is 5.83. The predicted molar refractivity (Wildman–Crippen MR) is 75.5 cm³/mol. The lowest BCUT2D eigenvalue weighted by Crippen LogP contribution is -2.31. The Bertz CT molecular complexity index is 528. The number of aliphatic hydroxyl groups excluding tert-OH is 1. The third kappa shape index (κ3) is 2.74. The summed E-state index contributed by atoms with van der Waals surface area (Å²) >= 11 is 0. The molecule has 1 aromatic heterocycles. The lowest BCUT2D eigenvalue weighted by atomic mass is 9.95. The lowest BCUT2D eigenvalue weighted by Gasteiger charge is -2.21. The molecule has 0 unspecified atom stereocenters. The molecule has 2 aromatic rings. The van der Waals surface area contributed by atoms with Crippen LogP contribution in [0.5, 0.6) is 0 Å². The van der Waals surface area contributed by atoms with Crippen molar-refractivity contribution in [3.05, 3.63) is 36.0 Å². The molecule has 0 bridgehead atoms. The smallest absolute Gasteiger partial charge is 0.0494 e. The Morgan fingerprint density at radius 3 is 2.72 bits per heavy atom. The van der Waals surface area contributed by atoms with Gasteiger partial charge in [0.25, 0.3) is 0 Å². The number of fused-ring (bicyclic) bond motifs is 1. The average molecular weight is 246 g/mol. The first-order valence-electron chi connectivity index (χ1n) is 6.38. The van der Waals surface area contributed by atoms with Crippen LogP contribution in [-0.2, 0) is 13.6 Å². The molecule has 3 heteroatoms. The number of rotatable bonds is 5. The Morgan fingerprint density at radius 2 is 2.00 bits per heavy atom. The van der Waals surface area contributed by atoms with Crippen molar-refractivity contribution < 1.29 is 5.11 Å². The predicted octanol–water partition coefficient (Wildman–Crippen LogP) is 2.29. The maximum Gasteiger partial charge on any atom is 0.0494 e. The van der Waals surface area contributed by atoms with E-state index in [1.54, 1.807) is 0 Å². The Labute approximate surface area is 108 Å². The van der Waals surface area contributed by atoms with Gasteiger partial charge < -0.3 is 15.0 Å². The summed E-state index contributed by atoms with van der Waals surface area (Å²) in [6.07, 6.45) is 2.17. The monoisotopic (exact) mass is 246 g/mol. The van der Waals surface area contributed by atoms with Gasteiger partial charge in [-0.05, 0) is 11.6 Å². The molecule has 0 aliphatic rings. The van der Waals surface area contributed by atoms with Crippen molar-refractivity contribution in [3.63, 3.8) is 0 Å². The van der Waals surface area contributed by atoms with Crippen molar-refractivity contribution in [1.82, 2.24) is 9.88 Å². The van der Waals surface area contributed by atoms with Crippen molar-refractivity contribution >= 4 is 10.9 Å². The first-order valence-corrected chi connectivity index (χ1v) is 6.38. The molecule has 98 valence electrons. The lowest BCUT2D eigenvalue weighted by molar-refractivity contribution is 0.157. The fourth-order valence-electron chi connectivity index (χ4n) is 2.16. The zero-order valence-electron chi connectivity index (χ0n) is 11.4. The van der Waals surface area contributed by atoms with E-state index < -0.39 is 0 Å². The van der Waals surface area contributed by atoms with E-state index in [0.29, 0.717) is 0 Å². The van der Waals surface area contributed by atoms with Gasteiger partial charge in [-0.1, -0.05) is 32.0 Å². The van der Waals surface area contributed by atoms with Gasteiger partial charge in [0.05, 0.1) is 0 Å². The average Bonchev–Trinajstić information content (AvgIpc) is 2.67. The molecule has 1 aromatic carbocycles. The minimum atomic E-state index is -0.0649. The third-order valence-electron chi connectivity index (χ3n) is 3.33. The molecule has 0 saturated heterocycles. The second kappa shape index (κ2) is 5.12. The van der Waals surface area contributed by atoms with Crippen LogP contribution >= 0.6 is 0 Å². The van der Waals surface area contributed by atoms with E-state index in [1.165, 1.54) is 16.5 Å². The number of nitrogens with zero attached hydrogens (tertiary/aromatic N) is 1. The summed E-state index contributed by atoms with van der Waals surface area (Å²) in [6, 6.07) is 8.43. The molecule has 0 atom stereocenters. The SMILES string of the molecule is Cn1cc(CNCC(C)(C)CO)c2ccccc21. The molecule has 2 rings (SSSR count). The summed E-state index contributed by atoms with van der Waals surface area (Å²) in [7, 11) is 2.07. The quantitative estimate of drug-likeness (QED) is 0.849. The van der Waals surface area contributed by atoms with Gasteiger partial charge in [-0.2, -0.15) is 0 Å². The number of nitrogens with one attached hydrogen (secondary N) is 1. The van der Waals surface area contributed by atoms with Gasteiger partial charge >= 0.3 is 0 Å². The molecule has 0 saturated carbocycles. The number of aryl methyl sites for hydroxylation is 1. The Balaban J connectivity index is 2.09. The molecule has 1 heterocycles. The van der Waals surface area contributed by atoms with Crippen LogP contribution in [0.25, 0.3) is 10.9 Å². The van der Waals surface area contributed by atoms with Crippen LogP contribution in [0.4, 0.5) is 0 Å². The standard InChI is InChI=1S/C15H22N2O/c1-15(2,11-18)10-16-8-12-9-17(3)14-7-5-4-6-13(12)14/h4-7,9,16,18H,8,10-11H2,1-3H3. The molecule has 2 N–H and O–H groups in total. The zero-order chi connectivity index (χ0) is 13.2. The van der Waals surface area contributed by atoms with Crippen LogP contribution in [0, 0.1) is 5.41 Å². The number of aliphatic hydroxyl groups is 1. The van der Waals surface area contributed by atoms with Crippen LogP contribution in [0.3, 0.4) is 0 Å². The molecule has 3 nitrogen and oxygen atoms in total. The fraction of sp³-hybridized carbons (Fsp3) is 0.467. The molecule has 0 radical (unpaired) electrons. The van der Waals surface area contributed by atoms with Gasteiger partial charge in [0.1, 0.15) is 0 Å². The third-order valence-corrected chi connectivity index (χ3v) is 3.33. The molecular weight excluding hydrogens is 224 g/mol. The second-order valence-electron chi connectivity index (χ2n) is 5.71. The van der Waals surface area contributed by atoms with E-state index in [9.17, 15) is 5.11 Å². The number of hydrogen-bond acceptors (Lipinski definition) is 2. The van der Waals surface area contributed by atoms with Crippen molar-refractivity contribution in [3.8, 4) is 0 Å². The number of hydrogen-bond donors (Lipinski definition) is 2. The first kappa shape index (κ1) is 13.1. The summed E-state index contributed by atoms with van der Waals surface area (Å²) in [5.41, 5.74) is 2.50. The minimum absolute atomic E-state index is 0.0649. The Hall–Kier alpha value is -1.32. The number of aromatic nitrogens is 1. The van der Waals surface area contributed by atoms with E-state index >= 15 is 0 Å². The van der Waals surface area contributed by atoms with Gasteiger partial charge in [-0.15, -0.1) is 0 Å². The van der Waals surface area contributed by atoms with Gasteiger partial charge in [0, 0.05) is 49.3 Å². The summed E-state index contributed by atoms with van der Waals surface area (Å²) < 4.78 is 2.16. The zero-order valence-corrected chi connectivity index (χ0v) is 11.4. The molecule has 0 aliphatic heterocycles. The van der Waals surface area contributed by atoms with Crippen LogP contribution in [-0.4, -0.2) is 22.8 Å². The molecular formula is C15H22N2O. The summed E-state index contributed by atoms with van der Waals surface area (Å²) in [5.74, 6) is 0. The van der Waals surface area contributed by atoms with E-state index in [-0.39, 0.29) is 12.0 Å². The summed E-state index contributed by atoms with van der Waals surface area (Å²) in [5, 5.41) is 13.9. The van der Waals surface area contributed by atoms with Gasteiger partial charge in [0.2, 0.25) is 0 Å². The maximum atomic E-state index is 9.22. The van der Waals surface area contributed by atoms with E-state index in [0.717, 1.165) is 13.1 Å². The highest BCUT2D eigenvalue weighted by atomic mass is 16.3. The Kier molecular flexibility index (Phi) is 3.73. The minimum Gasteiger partial charge on any atom is -0.396 e. The highest BCUT2D eigenvalue weighted by Crippen LogP contribution is 2.20. The fourth-order valence-corrected chi connectivity index (χ4v) is 2.16. The van der Waals surface area contributed by atoms with Gasteiger partial charge in [0.15, 0.2) is 0 Å². The second-order valence-corrected chi connectivity index (χ2v) is 5.71. The van der Waals surface area contributed by atoms with Gasteiger partial charge in [-0.3, -0.25) is 0 Å². The van der Waals surface area contributed by atoms with Crippen LogP contribution < -0.4 is 5.32 Å². The van der Waals surface area contributed by atoms with E-state index in [2.05, 4.69) is 61.2 Å². The molecule has 0 spiro atoms. The number of benzene rings is 1. The molecule has 0 fully saturated rings. The first-order chi connectivity index (χ1) is 8.53. The largest absolute Gasteiger partial charge is 0.396 e. The van der Waals surface area contributed by atoms with Crippen molar-refractivity contribution in [2.75, 3.05) is 13.2 Å². The van der Waals surface area contributed by atoms with Gasteiger partial charge in [-0.25, -0.2) is 0 Å². The maximum absolute atomic E-state index is 9.22. The van der Waals surface area contributed by atoms with E-state index in [4.69, 9.17) is 0 Å². The van der Waals surface area contributed by atoms with Crippen molar-refractivity contribution in [2.45, 2.75) is 20.4 Å². The normalized spacial score (nSPS) is 12.2. The molecule has 18 heavy (non-hydrogen) atoms. The van der Waals surface area contributed by atoms with Crippen LogP contribution in [0.15, 0.2) is 30.5 Å². The van der Waals surface area contributed by atoms with Crippen LogP contribution in [0.1, 0.15) is 19.4 Å². The summed E-state index contributed by atoms with van der Waals surface area (Å²) in [4.78, 5) is 0. The topological polar surface area (TPSA) is 37.2 Å².